The van der Waals surface area contributed by atoms with E-state index in [1.165, 1.54) is 11.1 Å². The third-order valence-electron chi connectivity index (χ3n) is 2.94. The third kappa shape index (κ3) is 4.13. The molecule has 0 bridgehead atoms. The van der Waals surface area contributed by atoms with Crippen molar-refractivity contribution in [3.8, 4) is 0 Å². The predicted molar refractivity (Wildman–Crippen MR) is 72.1 cm³/mol. The van der Waals surface area contributed by atoms with E-state index in [-0.39, 0.29) is 12.6 Å². The molecule has 4 heteroatoms. The molecule has 4 nitrogen and oxygen atoms in total. The molecule has 0 aliphatic heterocycles. The number of hydrogen-bond acceptors (Lipinski definition) is 3. The first kappa shape index (κ1) is 14.7. The number of primary amides is 1. The van der Waals surface area contributed by atoms with Gasteiger partial charge >= 0.3 is 0 Å². The van der Waals surface area contributed by atoms with Gasteiger partial charge in [-0.2, -0.15) is 0 Å². The fourth-order valence-electron chi connectivity index (χ4n) is 1.91. The lowest BCUT2D eigenvalue weighted by atomic mass is 9.96. The molecule has 100 valence electrons. The van der Waals surface area contributed by atoms with Gasteiger partial charge in [-0.25, -0.2) is 0 Å². The Morgan fingerprint density at radius 3 is 2.61 bits per heavy atom. The van der Waals surface area contributed by atoms with Gasteiger partial charge < -0.3 is 16.2 Å². The number of hydrogen-bond donors (Lipinski definition) is 2. The topological polar surface area (TPSA) is 78.3 Å². The second kappa shape index (κ2) is 7.13. The first-order valence-corrected chi connectivity index (χ1v) is 6.31. The van der Waals surface area contributed by atoms with E-state index in [1.54, 1.807) is 0 Å². The first-order chi connectivity index (χ1) is 8.58. The van der Waals surface area contributed by atoms with E-state index >= 15 is 0 Å². The molecule has 0 saturated heterocycles. The maximum absolute atomic E-state index is 10.6. The van der Waals surface area contributed by atoms with E-state index in [0.717, 1.165) is 18.4 Å². The van der Waals surface area contributed by atoms with Crippen LogP contribution in [0, 0.1) is 0 Å². The van der Waals surface area contributed by atoms with Gasteiger partial charge in [-0.05, 0) is 29.5 Å². The van der Waals surface area contributed by atoms with Gasteiger partial charge in [-0.3, -0.25) is 4.79 Å². The van der Waals surface area contributed by atoms with Crippen molar-refractivity contribution in [1.82, 2.24) is 0 Å². The van der Waals surface area contributed by atoms with Crippen molar-refractivity contribution >= 4 is 5.91 Å². The lowest BCUT2D eigenvalue weighted by Crippen LogP contribution is -2.24. The van der Waals surface area contributed by atoms with Crippen molar-refractivity contribution < 1.29 is 9.53 Å². The summed E-state index contributed by atoms with van der Waals surface area (Å²) in [5.41, 5.74) is 14.7. The number of carbonyl (C=O) groups is 1. The Hall–Kier alpha value is -1.39. The number of rotatable bonds is 7. The number of ether oxygens (including phenoxy) is 1. The van der Waals surface area contributed by atoms with Gasteiger partial charge in [0.05, 0.1) is 12.6 Å². The molecule has 1 unspecified atom stereocenters. The second-order valence-corrected chi connectivity index (χ2v) is 4.33. The van der Waals surface area contributed by atoms with Crippen LogP contribution in [0.1, 0.15) is 36.6 Å². The molecule has 0 radical (unpaired) electrons. The summed E-state index contributed by atoms with van der Waals surface area (Å²) < 4.78 is 5.18. The van der Waals surface area contributed by atoms with Gasteiger partial charge in [0.1, 0.15) is 6.61 Å². The lowest BCUT2D eigenvalue weighted by Gasteiger charge is -2.17. The maximum atomic E-state index is 10.6. The molecule has 18 heavy (non-hydrogen) atoms. The van der Waals surface area contributed by atoms with Gasteiger partial charge in [-0.15, -0.1) is 0 Å². The number of nitrogens with two attached hydrogens (primary N) is 2. The molecule has 0 heterocycles. The zero-order valence-corrected chi connectivity index (χ0v) is 11.1. The first-order valence-electron chi connectivity index (χ1n) is 6.31. The van der Waals surface area contributed by atoms with Crippen LogP contribution in [-0.2, 0) is 22.4 Å². The van der Waals surface area contributed by atoms with E-state index in [1.807, 2.05) is 0 Å². The van der Waals surface area contributed by atoms with Gasteiger partial charge in [-0.1, -0.05) is 32.0 Å². The van der Waals surface area contributed by atoms with E-state index in [2.05, 4.69) is 32.0 Å². The van der Waals surface area contributed by atoms with E-state index in [4.69, 9.17) is 16.2 Å². The summed E-state index contributed by atoms with van der Waals surface area (Å²) >= 11 is 0. The summed E-state index contributed by atoms with van der Waals surface area (Å²) in [6.45, 7) is 4.44. The Morgan fingerprint density at radius 1 is 1.33 bits per heavy atom. The Balaban J connectivity index is 2.75. The zero-order valence-electron chi connectivity index (χ0n) is 11.1. The van der Waals surface area contributed by atoms with Crippen LogP contribution >= 0.6 is 0 Å². The molecule has 4 N–H and O–H groups in total. The van der Waals surface area contributed by atoms with Crippen LogP contribution in [0.25, 0.3) is 0 Å². The van der Waals surface area contributed by atoms with Gasteiger partial charge in [0.15, 0.2) is 0 Å². The molecule has 1 atom stereocenters. The average Bonchev–Trinajstić information content (AvgIpc) is 2.37. The zero-order chi connectivity index (χ0) is 13.5. The smallest absolute Gasteiger partial charge is 0.243 e. The molecule has 1 amide bonds. The normalized spacial score (nSPS) is 12.4. The number of amides is 1. The molecule has 0 fully saturated rings. The summed E-state index contributed by atoms with van der Waals surface area (Å²) in [7, 11) is 0. The minimum atomic E-state index is -0.472. The number of benzene rings is 1. The molecule has 1 rings (SSSR count). The molecule has 0 aliphatic rings. The van der Waals surface area contributed by atoms with E-state index < -0.39 is 5.91 Å². The quantitative estimate of drug-likeness (QED) is 0.766. The average molecular weight is 250 g/mol. The highest BCUT2D eigenvalue weighted by Gasteiger charge is 2.11. The largest absolute Gasteiger partial charge is 0.370 e. The van der Waals surface area contributed by atoms with Crippen LogP contribution in [0.3, 0.4) is 0 Å². The SMILES string of the molecule is CCc1ccc(CC)c(C(N)COCC(N)=O)c1. The molecule has 0 spiro atoms. The van der Waals surface area contributed by atoms with Crippen LogP contribution in [0.4, 0.5) is 0 Å². The van der Waals surface area contributed by atoms with Crippen LogP contribution in [0.2, 0.25) is 0 Å². The van der Waals surface area contributed by atoms with E-state index in [9.17, 15) is 4.79 Å². The van der Waals surface area contributed by atoms with E-state index in [0.29, 0.717) is 6.61 Å². The van der Waals surface area contributed by atoms with Crippen molar-refractivity contribution in [2.75, 3.05) is 13.2 Å². The van der Waals surface area contributed by atoms with Gasteiger partial charge in [0.25, 0.3) is 0 Å². The summed E-state index contributed by atoms with van der Waals surface area (Å²) in [6, 6.07) is 6.14. The Kier molecular flexibility index (Phi) is 5.82. The number of aryl methyl sites for hydroxylation is 2. The highest BCUT2D eigenvalue weighted by molar-refractivity contribution is 5.74. The molecule has 0 aromatic heterocycles. The molecule has 1 aromatic rings. The maximum Gasteiger partial charge on any atom is 0.243 e. The predicted octanol–water partition coefficient (Wildman–Crippen LogP) is 1.31. The van der Waals surface area contributed by atoms with Crippen LogP contribution in [0.15, 0.2) is 18.2 Å². The summed E-state index contributed by atoms with van der Waals surface area (Å²) in [5, 5.41) is 0. The monoisotopic (exact) mass is 250 g/mol. The Bertz CT molecular complexity index is 405. The van der Waals surface area contributed by atoms with Crippen molar-refractivity contribution in [2.45, 2.75) is 32.7 Å². The van der Waals surface area contributed by atoms with Crippen LogP contribution < -0.4 is 11.5 Å². The Morgan fingerprint density at radius 2 is 2.06 bits per heavy atom. The fraction of sp³-hybridized carbons (Fsp3) is 0.500. The lowest BCUT2D eigenvalue weighted by molar-refractivity contribution is -0.122. The standard InChI is InChI=1S/C14H22N2O2/c1-3-10-5-6-11(4-2)12(7-10)13(15)8-18-9-14(16)17/h5-7,13H,3-4,8-9,15H2,1-2H3,(H2,16,17). The summed E-state index contributed by atoms with van der Waals surface area (Å²) in [4.78, 5) is 10.6. The highest BCUT2D eigenvalue weighted by atomic mass is 16.5. The third-order valence-corrected chi connectivity index (χ3v) is 2.94. The van der Waals surface area contributed by atoms with Crippen LogP contribution in [0.5, 0.6) is 0 Å². The van der Waals surface area contributed by atoms with Crippen molar-refractivity contribution in [3.63, 3.8) is 0 Å². The molecule has 0 saturated carbocycles. The van der Waals surface area contributed by atoms with Crippen molar-refractivity contribution in [3.05, 3.63) is 34.9 Å². The van der Waals surface area contributed by atoms with Gasteiger partial charge in [0.2, 0.25) is 5.91 Å². The minimum absolute atomic E-state index is 0.0807. The minimum Gasteiger partial charge on any atom is -0.370 e. The Labute approximate surface area is 108 Å². The molecular weight excluding hydrogens is 228 g/mol. The fourth-order valence-corrected chi connectivity index (χ4v) is 1.91. The molecule has 0 aliphatic carbocycles. The second-order valence-electron chi connectivity index (χ2n) is 4.33. The molecule has 1 aromatic carbocycles. The van der Waals surface area contributed by atoms with Crippen LogP contribution in [-0.4, -0.2) is 19.1 Å². The highest BCUT2D eigenvalue weighted by Crippen LogP contribution is 2.19. The number of carbonyl (C=O) groups excluding carboxylic acids is 1. The van der Waals surface area contributed by atoms with Crippen molar-refractivity contribution in [1.29, 1.82) is 0 Å². The molecular formula is C14H22N2O2. The van der Waals surface area contributed by atoms with Crippen molar-refractivity contribution in [2.24, 2.45) is 11.5 Å². The summed E-state index contributed by atoms with van der Waals surface area (Å²) in [5.74, 6) is -0.472. The summed E-state index contributed by atoms with van der Waals surface area (Å²) in [6.07, 6.45) is 1.91. The van der Waals surface area contributed by atoms with Gasteiger partial charge in [0, 0.05) is 0 Å².